The molecule has 0 unspecified atom stereocenters. The lowest BCUT2D eigenvalue weighted by atomic mass is 9.89. The second kappa shape index (κ2) is 13.6. The molecule has 3 N–H and O–H groups in total. The zero-order valence-corrected chi connectivity index (χ0v) is 20.4. The van der Waals surface area contributed by atoms with E-state index in [9.17, 15) is 9.59 Å². The number of rotatable bonds is 11. The number of ether oxygens (including phenoxy) is 1. The molecule has 0 aromatic heterocycles. The highest BCUT2D eigenvalue weighted by atomic mass is 16.5. The van der Waals surface area contributed by atoms with Crippen molar-refractivity contribution in [2.45, 2.75) is 39.5 Å². The number of anilines is 2. The van der Waals surface area contributed by atoms with E-state index in [0.29, 0.717) is 43.5 Å². The molecule has 1 aliphatic heterocycles. The number of amides is 3. The Kier molecular flexibility index (Phi) is 10.2. The van der Waals surface area contributed by atoms with Crippen molar-refractivity contribution >= 4 is 23.3 Å². The molecule has 184 valence electrons. The normalized spacial score (nSPS) is 14.0. The molecular formula is C27H38N4O3. The lowest BCUT2D eigenvalue weighted by Gasteiger charge is -2.35. The third-order valence-corrected chi connectivity index (χ3v) is 6.11. The fourth-order valence-corrected chi connectivity index (χ4v) is 4.35. The third-order valence-electron chi connectivity index (χ3n) is 6.11. The van der Waals surface area contributed by atoms with Gasteiger partial charge in [-0.2, -0.15) is 0 Å². The summed E-state index contributed by atoms with van der Waals surface area (Å²) >= 11 is 0. The van der Waals surface area contributed by atoms with E-state index in [2.05, 4.69) is 51.2 Å². The average molecular weight is 467 g/mol. The van der Waals surface area contributed by atoms with Crippen LogP contribution in [0.3, 0.4) is 0 Å². The first kappa shape index (κ1) is 25.6. The molecule has 2 aromatic carbocycles. The molecule has 0 bridgehead atoms. The minimum atomic E-state index is -0.278. The van der Waals surface area contributed by atoms with Crippen molar-refractivity contribution in [1.29, 1.82) is 0 Å². The Balaban J connectivity index is 1.68. The van der Waals surface area contributed by atoms with Gasteiger partial charge < -0.3 is 25.6 Å². The summed E-state index contributed by atoms with van der Waals surface area (Å²) in [6.07, 6.45) is 4.03. The highest BCUT2D eigenvalue weighted by Gasteiger charge is 2.23. The van der Waals surface area contributed by atoms with Gasteiger partial charge in [0.1, 0.15) is 0 Å². The molecule has 1 aliphatic rings. The van der Waals surface area contributed by atoms with Gasteiger partial charge in [-0.05, 0) is 69.2 Å². The molecule has 1 heterocycles. The smallest absolute Gasteiger partial charge is 0.319 e. The van der Waals surface area contributed by atoms with Gasteiger partial charge in [0, 0.05) is 50.8 Å². The van der Waals surface area contributed by atoms with Gasteiger partial charge >= 0.3 is 6.03 Å². The van der Waals surface area contributed by atoms with Gasteiger partial charge in [-0.3, -0.25) is 4.79 Å². The summed E-state index contributed by atoms with van der Waals surface area (Å²) in [6, 6.07) is 16.0. The Morgan fingerprint density at radius 1 is 1.03 bits per heavy atom. The Morgan fingerprint density at radius 2 is 1.79 bits per heavy atom. The van der Waals surface area contributed by atoms with Crippen LogP contribution in [-0.4, -0.2) is 51.3 Å². The summed E-state index contributed by atoms with van der Waals surface area (Å²) in [5, 5.41) is 8.55. The van der Waals surface area contributed by atoms with Crippen LogP contribution in [0.2, 0.25) is 0 Å². The number of nitrogens with one attached hydrogen (secondary N) is 3. The van der Waals surface area contributed by atoms with Gasteiger partial charge in [0.05, 0.1) is 5.56 Å². The standard InChI is InChI=1S/C27H38N4O3/c1-3-28-27(33)30-23-11-12-25(24(20-23)26(32)29-15-8-18-34-4-2)31-16-13-22(14-17-31)19-21-9-6-5-7-10-21/h5-7,9-12,20,22H,3-4,8,13-19H2,1-2H3,(H,29,32)(H2,28,30,33). The Bertz CT molecular complexity index is 911. The molecule has 7 heteroatoms. The fraction of sp³-hybridized carbons (Fsp3) is 0.481. The number of carbonyl (C=O) groups is 2. The number of urea groups is 1. The first-order valence-electron chi connectivity index (χ1n) is 12.4. The molecule has 7 nitrogen and oxygen atoms in total. The van der Waals surface area contributed by atoms with Gasteiger partial charge in [-0.1, -0.05) is 30.3 Å². The van der Waals surface area contributed by atoms with Crippen LogP contribution in [0, 0.1) is 5.92 Å². The quantitative estimate of drug-likeness (QED) is 0.428. The number of nitrogens with zero attached hydrogens (tertiary/aromatic N) is 1. The van der Waals surface area contributed by atoms with E-state index in [4.69, 9.17) is 4.74 Å². The molecule has 3 amide bonds. The van der Waals surface area contributed by atoms with Crippen LogP contribution in [0.5, 0.6) is 0 Å². The summed E-state index contributed by atoms with van der Waals surface area (Å²) in [7, 11) is 0. The van der Waals surface area contributed by atoms with Crippen molar-refractivity contribution in [2.24, 2.45) is 5.92 Å². The zero-order chi connectivity index (χ0) is 24.2. The number of benzene rings is 2. The van der Waals surface area contributed by atoms with Crippen molar-refractivity contribution in [3.8, 4) is 0 Å². The summed E-state index contributed by atoms with van der Waals surface area (Å²) in [6.45, 7) is 8.02. The number of piperidine rings is 1. The van der Waals surface area contributed by atoms with Crippen molar-refractivity contribution in [3.63, 3.8) is 0 Å². The molecule has 0 spiro atoms. The fourth-order valence-electron chi connectivity index (χ4n) is 4.35. The molecule has 1 saturated heterocycles. The van der Waals surface area contributed by atoms with Crippen LogP contribution in [0.4, 0.5) is 16.2 Å². The third kappa shape index (κ3) is 7.76. The largest absolute Gasteiger partial charge is 0.382 e. The van der Waals surface area contributed by atoms with Crippen LogP contribution in [0.25, 0.3) is 0 Å². The maximum absolute atomic E-state index is 13.1. The van der Waals surface area contributed by atoms with Gasteiger partial charge in [0.25, 0.3) is 5.91 Å². The lowest BCUT2D eigenvalue weighted by molar-refractivity contribution is 0.0944. The first-order chi connectivity index (χ1) is 16.6. The van der Waals surface area contributed by atoms with E-state index >= 15 is 0 Å². The molecule has 0 saturated carbocycles. The second-order valence-electron chi connectivity index (χ2n) is 8.64. The Hall–Kier alpha value is -3.06. The van der Waals surface area contributed by atoms with E-state index < -0.39 is 0 Å². The Labute approximate surface area is 203 Å². The summed E-state index contributed by atoms with van der Waals surface area (Å²) in [5.74, 6) is 0.519. The van der Waals surface area contributed by atoms with E-state index in [1.165, 1.54) is 5.56 Å². The molecule has 34 heavy (non-hydrogen) atoms. The minimum Gasteiger partial charge on any atom is -0.382 e. The maximum atomic E-state index is 13.1. The van der Waals surface area contributed by atoms with Crippen molar-refractivity contribution in [3.05, 3.63) is 59.7 Å². The first-order valence-corrected chi connectivity index (χ1v) is 12.4. The van der Waals surface area contributed by atoms with Crippen LogP contribution >= 0.6 is 0 Å². The number of hydrogen-bond acceptors (Lipinski definition) is 4. The molecule has 3 rings (SSSR count). The Morgan fingerprint density at radius 3 is 2.50 bits per heavy atom. The predicted octanol–water partition coefficient (Wildman–Crippen LogP) is 4.44. The second-order valence-corrected chi connectivity index (χ2v) is 8.64. The molecule has 2 aromatic rings. The highest BCUT2D eigenvalue weighted by molar-refractivity contribution is 6.02. The summed E-state index contributed by atoms with van der Waals surface area (Å²) in [5.41, 5.74) is 3.50. The lowest BCUT2D eigenvalue weighted by Crippen LogP contribution is -2.36. The van der Waals surface area contributed by atoms with E-state index in [1.54, 1.807) is 6.07 Å². The SMILES string of the molecule is CCNC(=O)Nc1ccc(N2CCC(Cc3ccccc3)CC2)c(C(=O)NCCCOCC)c1. The van der Waals surface area contributed by atoms with E-state index in [1.807, 2.05) is 26.0 Å². The molecular weight excluding hydrogens is 428 g/mol. The number of carbonyl (C=O) groups excluding carboxylic acids is 2. The highest BCUT2D eigenvalue weighted by Crippen LogP contribution is 2.30. The van der Waals surface area contributed by atoms with Gasteiger partial charge in [0.15, 0.2) is 0 Å². The van der Waals surface area contributed by atoms with Crippen molar-refractivity contribution in [2.75, 3.05) is 49.6 Å². The van der Waals surface area contributed by atoms with Crippen LogP contribution in [0.15, 0.2) is 48.5 Å². The van der Waals surface area contributed by atoms with Crippen LogP contribution < -0.4 is 20.9 Å². The van der Waals surface area contributed by atoms with Gasteiger partial charge in [-0.15, -0.1) is 0 Å². The van der Waals surface area contributed by atoms with Crippen molar-refractivity contribution in [1.82, 2.24) is 10.6 Å². The average Bonchev–Trinajstić information content (AvgIpc) is 2.85. The van der Waals surface area contributed by atoms with E-state index in [-0.39, 0.29) is 11.9 Å². The van der Waals surface area contributed by atoms with Gasteiger partial charge in [0.2, 0.25) is 0 Å². The van der Waals surface area contributed by atoms with Gasteiger partial charge in [-0.25, -0.2) is 4.79 Å². The molecule has 0 aliphatic carbocycles. The topological polar surface area (TPSA) is 82.7 Å². The van der Waals surface area contributed by atoms with E-state index in [0.717, 1.165) is 44.5 Å². The summed E-state index contributed by atoms with van der Waals surface area (Å²) < 4.78 is 5.36. The maximum Gasteiger partial charge on any atom is 0.319 e. The zero-order valence-electron chi connectivity index (χ0n) is 20.4. The van der Waals surface area contributed by atoms with Crippen LogP contribution in [-0.2, 0) is 11.2 Å². The monoisotopic (exact) mass is 466 g/mol. The summed E-state index contributed by atoms with van der Waals surface area (Å²) in [4.78, 5) is 27.4. The number of hydrogen-bond donors (Lipinski definition) is 3. The minimum absolute atomic E-state index is 0.127. The van der Waals surface area contributed by atoms with Crippen LogP contribution in [0.1, 0.15) is 49.0 Å². The molecule has 1 fully saturated rings. The predicted molar refractivity (Wildman–Crippen MR) is 138 cm³/mol. The molecule has 0 radical (unpaired) electrons. The molecule has 0 atom stereocenters. The van der Waals surface area contributed by atoms with Crippen molar-refractivity contribution < 1.29 is 14.3 Å².